The molecular formula is C21H26N4O5. The van der Waals surface area contributed by atoms with Crippen LogP contribution >= 0.6 is 0 Å². The van der Waals surface area contributed by atoms with Crippen molar-refractivity contribution in [2.45, 2.75) is 33.5 Å². The second-order valence-corrected chi connectivity index (χ2v) is 7.06. The number of methoxy groups -OCH3 is 1. The molecule has 3 rings (SSSR count). The van der Waals surface area contributed by atoms with E-state index in [-0.39, 0.29) is 19.1 Å². The minimum atomic E-state index is -0.448. The Balaban J connectivity index is 1.56. The SMILES string of the molecule is COCC(=O)NC[C@H]1CN(c2ccc(OCc3nc(C)c(C)nc3C)cc2)C(=O)O1. The Labute approximate surface area is 175 Å². The van der Waals surface area contributed by atoms with Crippen LogP contribution in [0, 0.1) is 20.8 Å². The van der Waals surface area contributed by atoms with Gasteiger partial charge in [0.2, 0.25) is 5.91 Å². The summed E-state index contributed by atoms with van der Waals surface area (Å²) in [7, 11) is 1.45. The van der Waals surface area contributed by atoms with Crippen LogP contribution in [-0.2, 0) is 20.9 Å². The van der Waals surface area contributed by atoms with E-state index < -0.39 is 12.2 Å². The van der Waals surface area contributed by atoms with Gasteiger partial charge in [-0.3, -0.25) is 19.7 Å². The van der Waals surface area contributed by atoms with Crippen molar-refractivity contribution in [3.63, 3.8) is 0 Å². The summed E-state index contributed by atoms with van der Waals surface area (Å²) >= 11 is 0. The smallest absolute Gasteiger partial charge is 0.414 e. The normalized spacial score (nSPS) is 15.8. The van der Waals surface area contributed by atoms with E-state index in [1.807, 2.05) is 20.8 Å². The maximum absolute atomic E-state index is 12.2. The molecule has 0 spiro atoms. The van der Waals surface area contributed by atoms with Gasteiger partial charge in [0.15, 0.2) is 0 Å². The van der Waals surface area contributed by atoms with Crippen LogP contribution in [-0.4, -0.2) is 54.9 Å². The fraction of sp³-hybridized carbons (Fsp3) is 0.429. The molecule has 1 aromatic carbocycles. The van der Waals surface area contributed by atoms with Crippen LogP contribution in [0.4, 0.5) is 10.5 Å². The number of nitrogens with one attached hydrogen (secondary N) is 1. The van der Waals surface area contributed by atoms with Gasteiger partial charge in [-0.25, -0.2) is 4.79 Å². The predicted octanol–water partition coefficient (Wildman–Crippen LogP) is 2.07. The third kappa shape index (κ3) is 5.24. The molecule has 2 aromatic rings. The lowest BCUT2D eigenvalue weighted by atomic mass is 10.2. The second kappa shape index (κ2) is 9.53. The number of ether oxygens (including phenoxy) is 3. The van der Waals surface area contributed by atoms with E-state index in [4.69, 9.17) is 14.2 Å². The summed E-state index contributed by atoms with van der Waals surface area (Å²) in [6, 6.07) is 7.17. The van der Waals surface area contributed by atoms with Crippen LogP contribution in [0.2, 0.25) is 0 Å². The number of carbonyl (C=O) groups is 2. The predicted molar refractivity (Wildman–Crippen MR) is 110 cm³/mol. The standard InChI is InChI=1S/C21H26N4O5/c1-13-14(2)24-19(15(3)23-13)11-29-17-7-5-16(6-8-17)25-10-18(30-21(25)27)9-22-20(26)12-28-4/h5-8,18H,9-12H2,1-4H3,(H,22,26)/t18-/m0/s1. The molecule has 1 aliphatic rings. The minimum Gasteiger partial charge on any atom is -0.487 e. The number of aromatic nitrogens is 2. The van der Waals surface area contributed by atoms with Crippen molar-refractivity contribution >= 4 is 17.7 Å². The van der Waals surface area contributed by atoms with E-state index in [0.717, 1.165) is 22.8 Å². The van der Waals surface area contributed by atoms with E-state index in [1.54, 1.807) is 24.3 Å². The van der Waals surface area contributed by atoms with Crippen molar-refractivity contribution in [2.75, 3.05) is 31.7 Å². The highest BCUT2D eigenvalue weighted by Gasteiger charge is 2.32. The van der Waals surface area contributed by atoms with Gasteiger partial charge in [-0.15, -0.1) is 0 Å². The Bertz CT molecular complexity index is 916. The van der Waals surface area contributed by atoms with Gasteiger partial charge in [0, 0.05) is 12.8 Å². The van der Waals surface area contributed by atoms with Gasteiger partial charge >= 0.3 is 6.09 Å². The number of aryl methyl sites for hydroxylation is 3. The van der Waals surface area contributed by atoms with Crippen LogP contribution in [0.15, 0.2) is 24.3 Å². The monoisotopic (exact) mass is 414 g/mol. The van der Waals surface area contributed by atoms with E-state index in [0.29, 0.717) is 24.6 Å². The molecule has 30 heavy (non-hydrogen) atoms. The molecule has 2 heterocycles. The number of cyclic esters (lactones) is 1. The Hall–Kier alpha value is -3.20. The average molecular weight is 414 g/mol. The first-order valence-electron chi connectivity index (χ1n) is 9.64. The topological polar surface area (TPSA) is 103 Å². The number of nitrogens with zero attached hydrogens (tertiary/aromatic N) is 3. The van der Waals surface area contributed by atoms with E-state index >= 15 is 0 Å². The molecule has 1 atom stereocenters. The zero-order chi connectivity index (χ0) is 21.7. The van der Waals surface area contributed by atoms with Crippen LogP contribution in [0.25, 0.3) is 0 Å². The number of amides is 2. The third-order valence-corrected chi connectivity index (χ3v) is 4.78. The van der Waals surface area contributed by atoms with Crippen molar-refractivity contribution in [1.29, 1.82) is 0 Å². The Morgan fingerprint density at radius 2 is 1.87 bits per heavy atom. The maximum atomic E-state index is 12.2. The first-order chi connectivity index (χ1) is 14.4. The molecule has 1 saturated heterocycles. The first kappa shape index (κ1) is 21.5. The van der Waals surface area contributed by atoms with Crippen molar-refractivity contribution in [1.82, 2.24) is 15.3 Å². The second-order valence-electron chi connectivity index (χ2n) is 7.06. The van der Waals surface area contributed by atoms with Gasteiger partial charge in [0.25, 0.3) is 0 Å². The minimum absolute atomic E-state index is 0.0287. The van der Waals surface area contributed by atoms with Crippen LogP contribution in [0.1, 0.15) is 22.8 Å². The largest absolute Gasteiger partial charge is 0.487 e. The number of anilines is 1. The molecule has 1 N–H and O–H groups in total. The number of hydrogen-bond donors (Lipinski definition) is 1. The molecule has 0 radical (unpaired) electrons. The molecular weight excluding hydrogens is 388 g/mol. The molecule has 2 amide bonds. The van der Waals surface area contributed by atoms with Gasteiger partial charge in [0.1, 0.15) is 25.1 Å². The lowest BCUT2D eigenvalue weighted by Gasteiger charge is -2.14. The molecule has 9 nitrogen and oxygen atoms in total. The van der Waals surface area contributed by atoms with Crippen molar-refractivity contribution in [3.05, 3.63) is 47.0 Å². The van der Waals surface area contributed by atoms with Gasteiger partial charge in [-0.2, -0.15) is 0 Å². The van der Waals surface area contributed by atoms with Crippen LogP contribution in [0.5, 0.6) is 5.75 Å². The highest BCUT2D eigenvalue weighted by Crippen LogP contribution is 2.24. The number of hydrogen-bond acceptors (Lipinski definition) is 7. The molecule has 0 unspecified atom stereocenters. The Kier molecular flexibility index (Phi) is 6.83. The molecule has 0 bridgehead atoms. The summed E-state index contributed by atoms with van der Waals surface area (Å²) in [4.78, 5) is 34.2. The number of benzene rings is 1. The zero-order valence-corrected chi connectivity index (χ0v) is 17.6. The number of carbonyl (C=O) groups excluding carboxylic acids is 2. The Morgan fingerprint density at radius 1 is 1.17 bits per heavy atom. The first-order valence-corrected chi connectivity index (χ1v) is 9.64. The summed E-state index contributed by atoms with van der Waals surface area (Å²) in [6.07, 6.45) is -0.865. The van der Waals surface area contributed by atoms with Gasteiger partial charge < -0.3 is 19.5 Å². The summed E-state index contributed by atoms with van der Waals surface area (Å²) < 4.78 is 15.9. The molecule has 1 fully saturated rings. The molecule has 1 aliphatic heterocycles. The lowest BCUT2D eigenvalue weighted by molar-refractivity contribution is -0.125. The molecule has 160 valence electrons. The molecule has 0 saturated carbocycles. The van der Waals surface area contributed by atoms with Gasteiger partial charge in [0.05, 0.1) is 35.9 Å². The van der Waals surface area contributed by atoms with Crippen molar-refractivity contribution in [2.24, 2.45) is 0 Å². The lowest BCUT2D eigenvalue weighted by Crippen LogP contribution is -2.36. The zero-order valence-electron chi connectivity index (χ0n) is 17.6. The molecule has 9 heteroatoms. The van der Waals surface area contributed by atoms with Gasteiger partial charge in [-0.05, 0) is 45.0 Å². The fourth-order valence-electron chi connectivity index (χ4n) is 3.02. The van der Waals surface area contributed by atoms with E-state index in [2.05, 4.69) is 15.3 Å². The highest BCUT2D eigenvalue weighted by molar-refractivity contribution is 5.89. The number of rotatable bonds is 8. The summed E-state index contributed by atoms with van der Waals surface area (Å²) in [5.74, 6) is 0.409. The summed E-state index contributed by atoms with van der Waals surface area (Å²) in [6.45, 7) is 6.64. The summed E-state index contributed by atoms with van der Waals surface area (Å²) in [5, 5.41) is 2.67. The fourth-order valence-corrected chi connectivity index (χ4v) is 3.02. The molecule has 1 aromatic heterocycles. The van der Waals surface area contributed by atoms with E-state index in [1.165, 1.54) is 12.0 Å². The third-order valence-electron chi connectivity index (χ3n) is 4.78. The molecule has 0 aliphatic carbocycles. The van der Waals surface area contributed by atoms with Gasteiger partial charge in [-0.1, -0.05) is 0 Å². The average Bonchev–Trinajstić information content (AvgIpc) is 3.09. The van der Waals surface area contributed by atoms with Crippen LogP contribution < -0.4 is 15.0 Å². The van der Waals surface area contributed by atoms with Crippen molar-refractivity contribution < 1.29 is 23.8 Å². The maximum Gasteiger partial charge on any atom is 0.414 e. The quantitative estimate of drug-likeness (QED) is 0.705. The van der Waals surface area contributed by atoms with Crippen molar-refractivity contribution in [3.8, 4) is 5.75 Å². The van der Waals surface area contributed by atoms with Crippen LogP contribution in [0.3, 0.4) is 0 Å². The highest BCUT2D eigenvalue weighted by atomic mass is 16.6. The summed E-state index contributed by atoms with van der Waals surface area (Å²) in [5.41, 5.74) is 4.13. The van der Waals surface area contributed by atoms with E-state index in [9.17, 15) is 9.59 Å². The Morgan fingerprint density at radius 3 is 2.57 bits per heavy atom.